The molecular formula is C21H11F3N2O4. The van der Waals surface area contributed by atoms with Crippen molar-refractivity contribution in [2.45, 2.75) is 6.18 Å². The molecule has 150 valence electrons. The predicted octanol–water partition coefficient (Wildman–Crippen LogP) is 5.08. The lowest BCUT2D eigenvalue weighted by Crippen LogP contribution is -2.29. The highest BCUT2D eigenvalue weighted by atomic mass is 19.4. The highest BCUT2D eigenvalue weighted by molar-refractivity contribution is 6.34. The van der Waals surface area contributed by atoms with Crippen LogP contribution >= 0.6 is 0 Å². The SMILES string of the molecule is O=C1c2ccc(-c3ccccc3[N+](=O)[O-])cc2C(=O)N1c1cccc(C(F)(F)F)c1. The molecule has 1 aliphatic heterocycles. The number of para-hydroxylation sites is 1. The molecule has 1 heterocycles. The van der Waals surface area contributed by atoms with E-state index in [0.717, 1.165) is 18.2 Å². The van der Waals surface area contributed by atoms with E-state index < -0.39 is 28.5 Å². The third kappa shape index (κ3) is 3.10. The minimum absolute atomic E-state index is 0.0137. The third-order valence-corrected chi connectivity index (χ3v) is 4.73. The minimum atomic E-state index is -4.63. The number of benzene rings is 3. The second-order valence-corrected chi connectivity index (χ2v) is 6.53. The van der Waals surface area contributed by atoms with Gasteiger partial charge in [-0.3, -0.25) is 19.7 Å². The molecule has 6 nitrogen and oxygen atoms in total. The summed E-state index contributed by atoms with van der Waals surface area (Å²) in [6.07, 6.45) is -4.63. The molecule has 0 aromatic heterocycles. The number of nitrogens with zero attached hydrogens (tertiary/aromatic N) is 2. The van der Waals surface area contributed by atoms with Gasteiger partial charge in [0.1, 0.15) is 0 Å². The number of halogens is 3. The summed E-state index contributed by atoms with van der Waals surface area (Å²) >= 11 is 0. The molecule has 0 aliphatic carbocycles. The molecule has 3 aromatic rings. The quantitative estimate of drug-likeness (QED) is 0.341. The lowest BCUT2D eigenvalue weighted by molar-refractivity contribution is -0.384. The number of imide groups is 1. The first-order valence-corrected chi connectivity index (χ1v) is 8.62. The van der Waals surface area contributed by atoms with Gasteiger partial charge in [0.05, 0.1) is 32.9 Å². The Bertz CT molecular complexity index is 1220. The van der Waals surface area contributed by atoms with Crippen LogP contribution in [0, 0.1) is 10.1 Å². The summed E-state index contributed by atoms with van der Waals surface area (Å²) in [5.74, 6) is -1.56. The molecule has 4 rings (SSSR count). The summed E-state index contributed by atoms with van der Waals surface area (Å²) in [4.78, 5) is 37.0. The number of carbonyl (C=O) groups excluding carboxylic acids is 2. The fraction of sp³-hybridized carbons (Fsp3) is 0.0476. The fourth-order valence-corrected chi connectivity index (χ4v) is 3.34. The third-order valence-electron chi connectivity index (χ3n) is 4.73. The number of amides is 2. The number of nitro groups is 1. The Kier molecular flexibility index (Phi) is 4.38. The summed E-state index contributed by atoms with van der Waals surface area (Å²) in [7, 11) is 0. The Balaban J connectivity index is 1.78. The number of carbonyl (C=O) groups is 2. The van der Waals surface area contributed by atoms with Gasteiger partial charge < -0.3 is 0 Å². The van der Waals surface area contributed by atoms with Crippen LogP contribution in [0.1, 0.15) is 26.3 Å². The van der Waals surface area contributed by atoms with E-state index in [2.05, 4.69) is 0 Å². The molecule has 9 heteroatoms. The zero-order valence-corrected chi connectivity index (χ0v) is 15.0. The van der Waals surface area contributed by atoms with Crippen LogP contribution in [0.15, 0.2) is 66.7 Å². The van der Waals surface area contributed by atoms with Crippen LogP contribution in [0.3, 0.4) is 0 Å². The summed E-state index contributed by atoms with van der Waals surface area (Å²) in [5.41, 5.74) is -0.798. The van der Waals surface area contributed by atoms with E-state index in [-0.39, 0.29) is 28.1 Å². The van der Waals surface area contributed by atoms with Crippen molar-refractivity contribution in [1.82, 2.24) is 0 Å². The number of alkyl halides is 3. The van der Waals surface area contributed by atoms with Gasteiger partial charge in [-0.25, -0.2) is 4.90 Å². The second kappa shape index (κ2) is 6.80. The largest absolute Gasteiger partial charge is 0.416 e. The van der Waals surface area contributed by atoms with Crippen molar-refractivity contribution < 1.29 is 27.7 Å². The lowest BCUT2D eigenvalue weighted by atomic mass is 9.99. The summed E-state index contributed by atoms with van der Waals surface area (Å²) in [5, 5.41) is 11.3. The smallest absolute Gasteiger partial charge is 0.268 e. The van der Waals surface area contributed by atoms with Crippen molar-refractivity contribution in [3.8, 4) is 11.1 Å². The first kappa shape index (κ1) is 19.3. The highest BCUT2D eigenvalue weighted by Gasteiger charge is 2.38. The average molecular weight is 412 g/mol. The number of nitro benzene ring substituents is 1. The van der Waals surface area contributed by atoms with E-state index in [1.54, 1.807) is 6.07 Å². The monoisotopic (exact) mass is 412 g/mol. The Morgan fingerprint density at radius 1 is 0.800 bits per heavy atom. The van der Waals surface area contributed by atoms with Crippen molar-refractivity contribution in [3.63, 3.8) is 0 Å². The van der Waals surface area contributed by atoms with E-state index in [0.29, 0.717) is 10.5 Å². The van der Waals surface area contributed by atoms with Crippen LogP contribution in [0.4, 0.5) is 24.5 Å². The Morgan fingerprint density at radius 2 is 1.50 bits per heavy atom. The maximum atomic E-state index is 13.0. The number of anilines is 1. The van der Waals surface area contributed by atoms with Gasteiger partial charge in [0.2, 0.25) is 0 Å². The van der Waals surface area contributed by atoms with Gasteiger partial charge >= 0.3 is 6.18 Å². The van der Waals surface area contributed by atoms with Crippen LogP contribution in [-0.4, -0.2) is 16.7 Å². The van der Waals surface area contributed by atoms with E-state index in [1.807, 2.05) is 0 Å². The number of fused-ring (bicyclic) bond motifs is 1. The van der Waals surface area contributed by atoms with E-state index in [4.69, 9.17) is 0 Å². The van der Waals surface area contributed by atoms with Crippen LogP contribution in [0.5, 0.6) is 0 Å². The number of rotatable bonds is 3. The first-order chi connectivity index (χ1) is 14.2. The molecular weight excluding hydrogens is 401 g/mol. The highest BCUT2D eigenvalue weighted by Crippen LogP contribution is 2.37. The Morgan fingerprint density at radius 3 is 2.20 bits per heavy atom. The maximum Gasteiger partial charge on any atom is 0.416 e. The molecule has 3 aromatic carbocycles. The van der Waals surface area contributed by atoms with Gasteiger partial charge in [0.15, 0.2) is 0 Å². The van der Waals surface area contributed by atoms with E-state index in [9.17, 15) is 32.9 Å². The minimum Gasteiger partial charge on any atom is -0.268 e. The van der Waals surface area contributed by atoms with E-state index in [1.165, 1.54) is 42.5 Å². The standard InChI is InChI=1S/C21H11F3N2O4/c22-21(23,24)13-4-3-5-14(11-13)25-19(27)16-9-8-12(10-17(16)20(25)28)15-6-1-2-7-18(15)26(29)30/h1-11H. The van der Waals surface area contributed by atoms with Crippen molar-refractivity contribution in [1.29, 1.82) is 0 Å². The molecule has 0 N–H and O–H groups in total. The molecule has 1 aliphatic rings. The molecule has 0 bridgehead atoms. The Labute approximate surface area is 167 Å². The molecule has 0 fully saturated rings. The van der Waals surface area contributed by atoms with Gasteiger partial charge in [-0.05, 0) is 42.0 Å². The fourth-order valence-electron chi connectivity index (χ4n) is 3.34. The van der Waals surface area contributed by atoms with Crippen LogP contribution in [-0.2, 0) is 6.18 Å². The molecule has 0 unspecified atom stereocenters. The van der Waals surface area contributed by atoms with Gasteiger partial charge in [0.25, 0.3) is 17.5 Å². The topological polar surface area (TPSA) is 80.5 Å². The van der Waals surface area contributed by atoms with Crippen LogP contribution in [0.25, 0.3) is 11.1 Å². The zero-order chi connectivity index (χ0) is 21.6. The molecule has 2 amide bonds. The number of hydrogen-bond donors (Lipinski definition) is 0. The van der Waals surface area contributed by atoms with E-state index >= 15 is 0 Å². The molecule has 30 heavy (non-hydrogen) atoms. The van der Waals surface area contributed by atoms with Crippen molar-refractivity contribution in [3.05, 3.63) is 93.5 Å². The first-order valence-electron chi connectivity index (χ1n) is 8.62. The van der Waals surface area contributed by atoms with Gasteiger partial charge in [0, 0.05) is 6.07 Å². The average Bonchev–Trinajstić information content (AvgIpc) is 2.97. The predicted molar refractivity (Wildman–Crippen MR) is 101 cm³/mol. The summed E-state index contributed by atoms with van der Waals surface area (Å²) < 4.78 is 39.0. The van der Waals surface area contributed by atoms with Crippen molar-refractivity contribution in [2.24, 2.45) is 0 Å². The molecule has 0 spiro atoms. The van der Waals surface area contributed by atoms with Crippen molar-refractivity contribution >= 4 is 23.2 Å². The maximum absolute atomic E-state index is 13.0. The normalized spacial score (nSPS) is 13.5. The lowest BCUT2D eigenvalue weighted by Gasteiger charge is -2.16. The second-order valence-electron chi connectivity index (χ2n) is 6.53. The zero-order valence-electron chi connectivity index (χ0n) is 15.0. The molecule has 0 atom stereocenters. The van der Waals surface area contributed by atoms with Gasteiger partial charge in [-0.1, -0.05) is 24.3 Å². The number of hydrogen-bond acceptors (Lipinski definition) is 4. The summed E-state index contributed by atoms with van der Waals surface area (Å²) in [6.45, 7) is 0. The van der Waals surface area contributed by atoms with Crippen LogP contribution in [0.2, 0.25) is 0 Å². The van der Waals surface area contributed by atoms with Gasteiger partial charge in [-0.2, -0.15) is 13.2 Å². The van der Waals surface area contributed by atoms with Crippen molar-refractivity contribution in [2.75, 3.05) is 4.90 Å². The Hall–Kier alpha value is -4.01. The van der Waals surface area contributed by atoms with Gasteiger partial charge in [-0.15, -0.1) is 0 Å². The summed E-state index contributed by atoms with van der Waals surface area (Å²) in [6, 6.07) is 14.0. The molecule has 0 saturated carbocycles. The van der Waals surface area contributed by atoms with Crippen LogP contribution < -0.4 is 4.90 Å². The molecule has 0 radical (unpaired) electrons. The molecule has 0 saturated heterocycles.